The molecule has 212 valence electrons. The second-order valence-electron chi connectivity index (χ2n) is 9.90. The van der Waals surface area contributed by atoms with Crippen LogP contribution < -0.4 is 0 Å². The van der Waals surface area contributed by atoms with Gasteiger partial charge in [0.05, 0.1) is 6.61 Å². The molecule has 0 saturated heterocycles. The first-order valence-corrected chi connectivity index (χ1v) is 14.4. The Morgan fingerprint density at radius 1 is 0.568 bits per heavy atom. The minimum Gasteiger partial charge on any atom is -0.466 e. The van der Waals surface area contributed by atoms with E-state index in [1.165, 1.54) is 83.5 Å². The van der Waals surface area contributed by atoms with Gasteiger partial charge in [0.25, 0.3) is 0 Å². The van der Waals surface area contributed by atoms with Crippen molar-refractivity contribution in [2.45, 2.75) is 136 Å². The van der Waals surface area contributed by atoms with Gasteiger partial charge in [-0.05, 0) is 18.9 Å². The zero-order valence-electron chi connectivity index (χ0n) is 22.8. The largest absolute Gasteiger partial charge is 0.466 e. The average Bonchev–Trinajstić information content (AvgIpc) is 2.87. The van der Waals surface area contributed by atoms with Crippen LogP contribution in [-0.2, 0) is 25.7 Å². The summed E-state index contributed by atoms with van der Waals surface area (Å²) in [5.41, 5.74) is -0.245. The molecule has 0 amide bonds. The Balaban J connectivity index is 1.87. The summed E-state index contributed by atoms with van der Waals surface area (Å²) in [5.74, 6) is -4.50. The van der Waals surface area contributed by atoms with Crippen molar-refractivity contribution >= 4 is 11.9 Å². The first kappa shape index (κ1) is 33.0. The molecule has 1 aromatic rings. The molecule has 0 aromatic heterocycles. The first-order valence-electron chi connectivity index (χ1n) is 14.4. The molecule has 0 bridgehead atoms. The average molecular weight is 529 g/mol. The fraction of sp³-hybridized carbons (Fsp3) is 0.733. The molecule has 0 heterocycles. The smallest absolute Gasteiger partial charge is 0.306 e. The number of hydrogen-bond acceptors (Lipinski definition) is 4. The molecular formula is C30H47F3O4. The van der Waals surface area contributed by atoms with Crippen molar-refractivity contribution in [3.05, 3.63) is 35.1 Å². The van der Waals surface area contributed by atoms with Crippen molar-refractivity contribution in [2.24, 2.45) is 0 Å². The molecular weight excluding hydrogens is 481 g/mol. The lowest BCUT2D eigenvalue weighted by atomic mass is 10.0. The van der Waals surface area contributed by atoms with Crippen LogP contribution in [0, 0.1) is 17.5 Å². The Bertz CT molecular complexity index is 755. The molecule has 1 aromatic carbocycles. The molecule has 0 N–H and O–H groups in total. The molecule has 0 fully saturated rings. The van der Waals surface area contributed by atoms with E-state index < -0.39 is 30.0 Å². The number of hydrogen-bond donors (Lipinski definition) is 0. The molecule has 0 spiro atoms. The molecule has 0 radical (unpaired) electrons. The Hall–Kier alpha value is -2.05. The monoisotopic (exact) mass is 528 g/mol. The highest BCUT2D eigenvalue weighted by Crippen LogP contribution is 2.16. The van der Waals surface area contributed by atoms with Crippen LogP contribution in [0.25, 0.3) is 0 Å². The minimum atomic E-state index is -1.30. The lowest BCUT2D eigenvalue weighted by molar-refractivity contribution is -0.146. The van der Waals surface area contributed by atoms with Gasteiger partial charge in [-0.1, -0.05) is 103 Å². The van der Waals surface area contributed by atoms with Crippen LogP contribution in [0.1, 0.15) is 134 Å². The zero-order valence-corrected chi connectivity index (χ0v) is 22.8. The third-order valence-electron chi connectivity index (χ3n) is 6.50. The van der Waals surface area contributed by atoms with Crippen LogP contribution >= 0.6 is 0 Å². The second kappa shape index (κ2) is 22.0. The summed E-state index contributed by atoms with van der Waals surface area (Å²) >= 11 is 0. The molecule has 4 nitrogen and oxygen atoms in total. The van der Waals surface area contributed by atoms with Gasteiger partial charge in [-0.15, -0.1) is 0 Å². The van der Waals surface area contributed by atoms with E-state index in [0.29, 0.717) is 18.7 Å². The maximum atomic E-state index is 13.5. The number of carbonyl (C=O) groups is 2. The molecule has 0 aliphatic heterocycles. The third kappa shape index (κ3) is 17.9. The lowest BCUT2D eigenvalue weighted by Gasteiger charge is -2.07. The lowest BCUT2D eigenvalue weighted by Crippen LogP contribution is -2.09. The number of halogens is 3. The maximum absolute atomic E-state index is 13.5. The van der Waals surface area contributed by atoms with E-state index in [4.69, 9.17) is 9.47 Å². The molecule has 0 atom stereocenters. The highest BCUT2D eigenvalue weighted by molar-refractivity contribution is 5.72. The van der Waals surface area contributed by atoms with Crippen LogP contribution in [-0.4, -0.2) is 18.5 Å². The SMILES string of the molecule is CCCCCCCCCCCCCCCCCCOC(=O)CCCC(=O)OCc1cc(F)c(F)cc1F. The Morgan fingerprint density at radius 2 is 1.00 bits per heavy atom. The number of unbranched alkanes of at least 4 members (excludes halogenated alkanes) is 15. The van der Waals surface area contributed by atoms with E-state index in [1.54, 1.807) is 0 Å². The van der Waals surface area contributed by atoms with E-state index in [1.807, 2.05) is 0 Å². The van der Waals surface area contributed by atoms with Crippen LogP contribution in [0.3, 0.4) is 0 Å². The fourth-order valence-electron chi connectivity index (χ4n) is 4.19. The van der Waals surface area contributed by atoms with Gasteiger partial charge in [0.2, 0.25) is 0 Å². The normalized spacial score (nSPS) is 11.0. The number of esters is 2. The zero-order chi connectivity index (χ0) is 27.1. The topological polar surface area (TPSA) is 52.6 Å². The van der Waals surface area contributed by atoms with Crippen LogP contribution in [0.5, 0.6) is 0 Å². The van der Waals surface area contributed by atoms with E-state index >= 15 is 0 Å². The van der Waals surface area contributed by atoms with Crippen molar-refractivity contribution in [3.63, 3.8) is 0 Å². The Labute approximate surface area is 221 Å². The van der Waals surface area contributed by atoms with Gasteiger partial charge in [-0.2, -0.15) is 0 Å². The number of benzene rings is 1. The van der Waals surface area contributed by atoms with Crippen molar-refractivity contribution < 1.29 is 32.2 Å². The molecule has 0 aliphatic carbocycles. The fourth-order valence-corrected chi connectivity index (χ4v) is 4.19. The van der Waals surface area contributed by atoms with Gasteiger partial charge < -0.3 is 9.47 Å². The summed E-state index contributed by atoms with van der Waals surface area (Å²) in [6.45, 7) is 2.15. The predicted octanol–water partition coefficient (Wildman–Crippen LogP) is 9.12. The van der Waals surface area contributed by atoms with Crippen LogP contribution in [0.15, 0.2) is 12.1 Å². The summed E-state index contributed by atoms with van der Waals surface area (Å²) in [5, 5.41) is 0. The van der Waals surface area contributed by atoms with Crippen molar-refractivity contribution in [2.75, 3.05) is 6.61 Å². The summed E-state index contributed by atoms with van der Waals surface area (Å²) in [6, 6.07) is 1.07. The Kier molecular flexibility index (Phi) is 19.6. The number of ether oxygens (including phenoxy) is 2. The summed E-state index contributed by atoms with van der Waals surface area (Å²) < 4.78 is 49.6. The van der Waals surface area contributed by atoms with Crippen molar-refractivity contribution in [1.29, 1.82) is 0 Å². The van der Waals surface area contributed by atoms with E-state index in [-0.39, 0.29) is 30.8 Å². The molecule has 0 aliphatic rings. The second-order valence-corrected chi connectivity index (χ2v) is 9.90. The molecule has 0 unspecified atom stereocenters. The third-order valence-corrected chi connectivity index (χ3v) is 6.50. The van der Waals surface area contributed by atoms with E-state index in [0.717, 1.165) is 19.3 Å². The minimum absolute atomic E-state index is 0.0422. The Morgan fingerprint density at radius 3 is 1.51 bits per heavy atom. The van der Waals surface area contributed by atoms with Gasteiger partial charge in [0, 0.05) is 24.5 Å². The number of carbonyl (C=O) groups excluding carboxylic acids is 2. The predicted molar refractivity (Wildman–Crippen MR) is 140 cm³/mol. The molecule has 0 saturated carbocycles. The highest BCUT2D eigenvalue weighted by atomic mass is 19.2. The van der Waals surface area contributed by atoms with E-state index in [2.05, 4.69) is 6.92 Å². The summed E-state index contributed by atoms with van der Waals surface area (Å²) in [7, 11) is 0. The highest BCUT2D eigenvalue weighted by Gasteiger charge is 2.12. The maximum Gasteiger partial charge on any atom is 0.306 e. The number of rotatable bonds is 23. The first-order chi connectivity index (χ1) is 17.9. The van der Waals surface area contributed by atoms with Gasteiger partial charge in [0.15, 0.2) is 11.6 Å². The van der Waals surface area contributed by atoms with E-state index in [9.17, 15) is 22.8 Å². The van der Waals surface area contributed by atoms with Gasteiger partial charge >= 0.3 is 11.9 Å². The summed E-state index contributed by atoms with van der Waals surface area (Å²) in [4.78, 5) is 23.5. The molecule has 1 rings (SSSR count). The van der Waals surface area contributed by atoms with Gasteiger partial charge in [-0.3, -0.25) is 9.59 Å². The quantitative estimate of drug-likeness (QED) is 0.0807. The van der Waals surface area contributed by atoms with Crippen LogP contribution in [0.4, 0.5) is 13.2 Å². The molecule has 7 heteroatoms. The van der Waals surface area contributed by atoms with Crippen molar-refractivity contribution in [1.82, 2.24) is 0 Å². The van der Waals surface area contributed by atoms with Crippen molar-refractivity contribution in [3.8, 4) is 0 Å². The standard InChI is InChI=1S/C30H47F3O4/c1-2-3-4-5-6-7-8-9-10-11-12-13-14-15-16-17-21-36-29(34)19-18-20-30(35)37-24-25-22-27(32)28(33)23-26(25)31/h22-23H,2-21,24H2,1H3. The van der Waals surface area contributed by atoms with Crippen LogP contribution in [0.2, 0.25) is 0 Å². The van der Waals surface area contributed by atoms with Gasteiger partial charge in [-0.25, -0.2) is 13.2 Å². The molecule has 37 heavy (non-hydrogen) atoms. The summed E-state index contributed by atoms with van der Waals surface area (Å²) in [6.07, 6.45) is 20.9. The van der Waals surface area contributed by atoms with Gasteiger partial charge in [0.1, 0.15) is 12.4 Å².